The molecule has 0 N–H and O–H groups in total. The molecule has 1 heteroatoms. The summed E-state index contributed by atoms with van der Waals surface area (Å²) >= 11 is 0. The zero-order valence-corrected chi connectivity index (χ0v) is 27.3. The normalized spacial score (nSPS) is 14.3. The molecule has 0 spiro atoms. The van der Waals surface area contributed by atoms with E-state index < -0.39 is 0 Å². The number of hydrogen-bond acceptors (Lipinski definition) is 0. The Morgan fingerprint density at radius 1 is 0.674 bits per heavy atom. The highest BCUT2D eigenvalue weighted by atomic mass is 15.1. The van der Waals surface area contributed by atoms with Crippen molar-refractivity contribution in [3.63, 3.8) is 0 Å². The molecular formula is C45H42N+. The largest absolute Gasteiger partial charge is 0.213 e. The van der Waals surface area contributed by atoms with E-state index in [-0.39, 0.29) is 5.54 Å². The van der Waals surface area contributed by atoms with Gasteiger partial charge in [-0.25, -0.2) is 0 Å². The Hall–Kier alpha value is -4.93. The van der Waals surface area contributed by atoms with Crippen LogP contribution in [0.15, 0.2) is 139 Å². The Balaban J connectivity index is 1.28. The molecule has 0 saturated heterocycles. The summed E-state index contributed by atoms with van der Waals surface area (Å²) in [5.41, 5.74) is 21.9. The van der Waals surface area contributed by atoms with Gasteiger partial charge >= 0.3 is 0 Å². The zero-order chi connectivity index (χ0) is 31.5. The van der Waals surface area contributed by atoms with E-state index in [1.807, 2.05) is 0 Å². The summed E-state index contributed by atoms with van der Waals surface area (Å²) in [4.78, 5) is 0. The van der Waals surface area contributed by atoms with Gasteiger partial charge < -0.3 is 0 Å². The molecule has 0 bridgehead atoms. The van der Waals surface area contributed by atoms with Gasteiger partial charge in [-0.1, -0.05) is 105 Å². The third kappa shape index (κ3) is 5.65. The van der Waals surface area contributed by atoms with Crippen LogP contribution in [0.1, 0.15) is 68.7 Å². The lowest BCUT2D eigenvalue weighted by Gasteiger charge is -2.33. The predicted molar refractivity (Wildman–Crippen MR) is 193 cm³/mol. The number of aryl methyl sites for hydroxylation is 1. The summed E-state index contributed by atoms with van der Waals surface area (Å²) in [7, 11) is 0. The van der Waals surface area contributed by atoms with E-state index in [1.165, 1.54) is 63.0 Å². The Morgan fingerprint density at radius 3 is 2.11 bits per heavy atom. The van der Waals surface area contributed by atoms with Crippen LogP contribution in [0.4, 0.5) is 0 Å². The van der Waals surface area contributed by atoms with Crippen molar-refractivity contribution in [2.24, 2.45) is 0 Å². The van der Waals surface area contributed by atoms with Gasteiger partial charge in [0, 0.05) is 37.0 Å². The van der Waals surface area contributed by atoms with Crippen LogP contribution in [0.3, 0.4) is 0 Å². The first-order valence-corrected chi connectivity index (χ1v) is 17.0. The summed E-state index contributed by atoms with van der Waals surface area (Å²) in [6, 6.07) is 40.4. The summed E-state index contributed by atoms with van der Waals surface area (Å²) in [5, 5.41) is 0. The van der Waals surface area contributed by atoms with Crippen molar-refractivity contribution in [3.8, 4) is 33.5 Å². The van der Waals surface area contributed by atoms with E-state index in [9.17, 15) is 0 Å². The number of hydrogen-bond donors (Lipinski definition) is 0. The van der Waals surface area contributed by atoms with Crippen molar-refractivity contribution in [2.75, 3.05) is 0 Å². The fraction of sp³-hybridized carbons (Fsp3) is 0.222. The van der Waals surface area contributed by atoms with E-state index in [0.717, 1.165) is 42.4 Å². The van der Waals surface area contributed by atoms with Crippen molar-refractivity contribution < 1.29 is 4.57 Å². The van der Waals surface area contributed by atoms with Crippen LogP contribution in [0.5, 0.6) is 0 Å². The molecule has 4 aromatic carbocycles. The molecule has 0 saturated carbocycles. The van der Waals surface area contributed by atoms with Crippen LogP contribution in [0.25, 0.3) is 44.7 Å². The Kier molecular flexibility index (Phi) is 8.30. The zero-order valence-electron chi connectivity index (χ0n) is 27.3. The number of allylic oxidation sites excluding steroid dienone is 4. The van der Waals surface area contributed by atoms with Crippen LogP contribution in [0.2, 0.25) is 0 Å². The molecule has 226 valence electrons. The molecule has 0 atom stereocenters. The van der Waals surface area contributed by atoms with Gasteiger partial charge in [-0.2, -0.15) is 4.57 Å². The second kappa shape index (κ2) is 12.8. The molecule has 1 aliphatic carbocycles. The van der Waals surface area contributed by atoms with Crippen molar-refractivity contribution in [2.45, 2.75) is 64.8 Å². The second-order valence-electron chi connectivity index (χ2n) is 12.8. The van der Waals surface area contributed by atoms with Crippen molar-refractivity contribution in [1.82, 2.24) is 0 Å². The molecule has 2 aliphatic rings. The predicted octanol–water partition coefficient (Wildman–Crippen LogP) is 11.2. The number of unbranched alkanes of at least 4 members (excludes halogenated alkanes) is 1. The quantitative estimate of drug-likeness (QED) is 0.118. The second-order valence-corrected chi connectivity index (χ2v) is 12.8. The first kappa shape index (κ1) is 29.8. The highest BCUT2D eigenvalue weighted by molar-refractivity contribution is 5.92. The summed E-state index contributed by atoms with van der Waals surface area (Å²) in [5.74, 6) is 0. The first-order valence-electron chi connectivity index (χ1n) is 17.0. The molecule has 2 heterocycles. The van der Waals surface area contributed by atoms with Gasteiger partial charge in [-0.3, -0.25) is 0 Å². The standard InChI is InChI=1S/C45H42N/c1-4-7-14-33-20-22-35(23-21-33)41-28-40(34-15-9-8-10-16-34)29-42(30-41)37-18-13-17-36(27-37)38-24-25-39-32-45(5-2,6-3)46-26-12-11-19-44(46)43(39)31-38/h8-12,15-17,19-31H,4-7,14,32H2,1-3H3/q+1. The van der Waals surface area contributed by atoms with Crippen LogP contribution in [0, 0.1) is 0 Å². The average molecular weight is 597 g/mol. The van der Waals surface area contributed by atoms with Gasteiger partial charge in [-0.15, -0.1) is 0 Å². The number of fused-ring (bicyclic) bond motifs is 3. The Morgan fingerprint density at radius 2 is 1.37 bits per heavy atom. The number of pyridine rings is 1. The molecule has 1 aliphatic heterocycles. The molecule has 7 rings (SSSR count). The van der Waals surface area contributed by atoms with Crippen LogP contribution in [-0.4, -0.2) is 0 Å². The topological polar surface area (TPSA) is 3.88 Å². The lowest BCUT2D eigenvalue weighted by Crippen LogP contribution is -2.60. The fourth-order valence-electron chi connectivity index (χ4n) is 7.24. The highest BCUT2D eigenvalue weighted by Crippen LogP contribution is 2.39. The summed E-state index contributed by atoms with van der Waals surface area (Å²) < 4.78 is 2.53. The third-order valence-corrected chi connectivity index (χ3v) is 10.1. The third-order valence-electron chi connectivity index (χ3n) is 10.1. The van der Waals surface area contributed by atoms with Crippen LogP contribution < -0.4 is 4.57 Å². The minimum atomic E-state index is 0.130. The van der Waals surface area contributed by atoms with Crippen molar-refractivity contribution in [1.29, 1.82) is 0 Å². The maximum Gasteiger partial charge on any atom is 0.213 e. The molecule has 0 fully saturated rings. The maximum atomic E-state index is 3.46. The van der Waals surface area contributed by atoms with Gasteiger partial charge in [0.05, 0.1) is 5.56 Å². The molecule has 46 heavy (non-hydrogen) atoms. The summed E-state index contributed by atoms with van der Waals surface area (Å²) in [6.45, 7) is 6.90. The van der Waals surface area contributed by atoms with Crippen molar-refractivity contribution in [3.05, 3.63) is 161 Å². The lowest BCUT2D eigenvalue weighted by atomic mass is 9.78. The number of aromatic nitrogens is 1. The maximum absolute atomic E-state index is 3.46. The minimum Gasteiger partial charge on any atom is -0.193 e. The molecule has 0 radical (unpaired) electrons. The van der Waals surface area contributed by atoms with E-state index in [0.29, 0.717) is 0 Å². The van der Waals surface area contributed by atoms with E-state index >= 15 is 0 Å². The first-order chi connectivity index (χ1) is 22.6. The number of benzene rings is 4. The molecular weight excluding hydrogens is 555 g/mol. The monoisotopic (exact) mass is 596 g/mol. The minimum absolute atomic E-state index is 0.130. The van der Waals surface area contributed by atoms with E-state index in [4.69, 9.17) is 0 Å². The van der Waals surface area contributed by atoms with E-state index in [1.54, 1.807) is 0 Å². The number of rotatable bonds is 9. The van der Waals surface area contributed by atoms with E-state index in [2.05, 4.69) is 164 Å². The number of nitrogens with zero attached hydrogens (tertiary/aromatic N) is 1. The molecule has 1 nitrogen and oxygen atoms in total. The van der Waals surface area contributed by atoms with Crippen LogP contribution >= 0.6 is 0 Å². The van der Waals surface area contributed by atoms with Gasteiger partial charge in [0.2, 0.25) is 5.69 Å². The van der Waals surface area contributed by atoms with Gasteiger partial charge in [0.1, 0.15) is 0 Å². The molecule has 0 amide bonds. The molecule has 1 aromatic heterocycles. The van der Waals surface area contributed by atoms with Gasteiger partial charge in [-0.05, 0) is 105 Å². The SMILES string of the molecule is CCCCc1ccc(-c2cc(C3=C=C=CC(c4ccc5c(c4)-c4cccc[n+]4C(CC)(CC)C5)=C3)cc(-c3ccccc3)c2)cc1. The summed E-state index contributed by atoms with van der Waals surface area (Å²) in [6.07, 6.45) is 13.5. The van der Waals surface area contributed by atoms with Crippen LogP contribution in [-0.2, 0) is 18.4 Å². The Bertz CT molecular complexity index is 2020. The lowest BCUT2D eigenvalue weighted by molar-refractivity contribution is -0.758. The average Bonchev–Trinajstić information content (AvgIpc) is 3.14. The Labute approximate surface area is 274 Å². The van der Waals surface area contributed by atoms with Crippen molar-refractivity contribution >= 4 is 11.1 Å². The fourth-order valence-corrected chi connectivity index (χ4v) is 7.24. The molecule has 5 aromatic rings. The van der Waals surface area contributed by atoms with Gasteiger partial charge in [0.15, 0.2) is 11.7 Å². The molecule has 0 unspecified atom stereocenters. The van der Waals surface area contributed by atoms with Gasteiger partial charge in [0.25, 0.3) is 0 Å². The smallest absolute Gasteiger partial charge is 0.193 e. The highest BCUT2D eigenvalue weighted by Gasteiger charge is 2.43.